The molecule has 0 saturated heterocycles. The van der Waals surface area contributed by atoms with E-state index in [1.165, 1.54) is 11.1 Å². The van der Waals surface area contributed by atoms with Crippen LogP contribution in [0.3, 0.4) is 0 Å². The van der Waals surface area contributed by atoms with Gasteiger partial charge in [0, 0.05) is 12.0 Å². The number of nitrogens with zero attached hydrogens (tertiary/aromatic N) is 2. The van der Waals surface area contributed by atoms with Crippen molar-refractivity contribution in [1.29, 1.82) is 0 Å². The molecule has 3 aliphatic rings. The van der Waals surface area contributed by atoms with Crippen molar-refractivity contribution < 1.29 is 9.53 Å². The third-order valence-electron chi connectivity index (χ3n) is 2.46. The maximum Gasteiger partial charge on any atom is 0.359 e. The van der Waals surface area contributed by atoms with Gasteiger partial charge in [0.1, 0.15) is 0 Å². The molecule has 0 radical (unpaired) electrons. The average molecular weight is 188 g/mol. The number of hydrogen-bond donors (Lipinski definition) is 0. The molecule has 4 heteroatoms. The molecule has 0 atom stereocenters. The van der Waals surface area contributed by atoms with Crippen LogP contribution in [0, 0.1) is 0 Å². The van der Waals surface area contributed by atoms with Crippen LogP contribution in [0.1, 0.15) is 13.3 Å². The van der Waals surface area contributed by atoms with Gasteiger partial charge in [-0.05, 0) is 24.1 Å². The molecule has 70 valence electrons. The fraction of sp³-hybridized carbons (Fsp3) is 0.300. The number of allylic oxidation sites excluding steroid dienone is 3. The standard InChI is InChI=1S/C10H8N2O2/c1-2-14-10(13)9-7-4-5-3-6(5)8(7)11-12-9/h4H,2-3H2,1H3. The van der Waals surface area contributed by atoms with Gasteiger partial charge in [0.15, 0.2) is 5.70 Å². The van der Waals surface area contributed by atoms with Crippen LogP contribution in [0.2, 0.25) is 0 Å². The molecule has 0 aromatic carbocycles. The Bertz CT molecular complexity index is 467. The molecule has 0 aromatic heterocycles. The molecule has 14 heavy (non-hydrogen) atoms. The predicted molar refractivity (Wildman–Crippen MR) is 48.2 cm³/mol. The first kappa shape index (κ1) is 7.67. The van der Waals surface area contributed by atoms with Crippen molar-refractivity contribution >= 4 is 5.97 Å². The lowest BCUT2D eigenvalue weighted by atomic mass is 10.1. The predicted octanol–water partition coefficient (Wildman–Crippen LogP) is 1.87. The van der Waals surface area contributed by atoms with E-state index in [1.807, 2.05) is 6.08 Å². The second-order valence-corrected chi connectivity index (χ2v) is 3.36. The number of azo groups is 1. The topological polar surface area (TPSA) is 51.0 Å². The number of carbonyl (C=O) groups excluding carboxylic acids is 1. The van der Waals surface area contributed by atoms with E-state index in [2.05, 4.69) is 10.2 Å². The summed E-state index contributed by atoms with van der Waals surface area (Å²) in [6.45, 7) is 2.15. The summed E-state index contributed by atoms with van der Waals surface area (Å²) < 4.78 is 4.88. The van der Waals surface area contributed by atoms with Gasteiger partial charge in [0.05, 0.1) is 12.3 Å². The first-order valence-electron chi connectivity index (χ1n) is 4.59. The number of rotatable bonds is 2. The number of fused-ring (bicyclic) bond motifs is 2. The van der Waals surface area contributed by atoms with Crippen LogP contribution in [0.4, 0.5) is 0 Å². The van der Waals surface area contributed by atoms with Crippen LogP contribution in [0.5, 0.6) is 0 Å². The minimum absolute atomic E-state index is 0.356. The van der Waals surface area contributed by atoms with Crippen molar-refractivity contribution in [3.8, 4) is 0 Å². The molecule has 0 aromatic rings. The smallest absolute Gasteiger partial charge is 0.359 e. The average Bonchev–Trinajstić information content (AvgIpc) is 2.67. The minimum Gasteiger partial charge on any atom is -0.461 e. The third-order valence-corrected chi connectivity index (χ3v) is 2.46. The van der Waals surface area contributed by atoms with Gasteiger partial charge in [-0.3, -0.25) is 0 Å². The van der Waals surface area contributed by atoms with E-state index in [-0.39, 0.29) is 5.97 Å². The summed E-state index contributed by atoms with van der Waals surface area (Å²) in [5, 5.41) is 7.83. The van der Waals surface area contributed by atoms with Gasteiger partial charge < -0.3 is 4.74 Å². The lowest BCUT2D eigenvalue weighted by Gasteiger charge is -1.99. The zero-order valence-electron chi connectivity index (χ0n) is 7.70. The quantitative estimate of drug-likeness (QED) is 0.621. The van der Waals surface area contributed by atoms with E-state index in [0.29, 0.717) is 12.3 Å². The fourth-order valence-electron chi connectivity index (χ4n) is 1.72. The summed E-state index contributed by atoms with van der Waals surface area (Å²) in [7, 11) is 0. The number of ether oxygens (including phenoxy) is 1. The molecule has 0 bridgehead atoms. The van der Waals surface area contributed by atoms with Crippen molar-refractivity contribution in [2.75, 3.05) is 6.61 Å². The molecule has 1 fully saturated rings. The van der Waals surface area contributed by atoms with E-state index in [0.717, 1.165) is 17.7 Å². The van der Waals surface area contributed by atoms with Crippen LogP contribution < -0.4 is 0 Å². The summed E-state index contributed by atoms with van der Waals surface area (Å²) in [4.78, 5) is 11.4. The van der Waals surface area contributed by atoms with Gasteiger partial charge in [-0.15, -0.1) is 10.2 Å². The molecule has 4 nitrogen and oxygen atoms in total. The van der Waals surface area contributed by atoms with Crippen molar-refractivity contribution in [1.82, 2.24) is 0 Å². The molecule has 1 saturated carbocycles. The van der Waals surface area contributed by atoms with Gasteiger partial charge in [-0.25, -0.2) is 4.79 Å². The fourth-order valence-corrected chi connectivity index (χ4v) is 1.72. The molecular weight excluding hydrogens is 180 g/mol. The molecule has 0 unspecified atom stereocenters. The minimum atomic E-state index is -0.375. The molecule has 2 aliphatic carbocycles. The molecule has 0 spiro atoms. The summed E-state index contributed by atoms with van der Waals surface area (Å²) >= 11 is 0. The monoisotopic (exact) mass is 188 g/mol. The Morgan fingerprint density at radius 2 is 2.43 bits per heavy atom. The van der Waals surface area contributed by atoms with Crippen LogP contribution in [-0.2, 0) is 9.53 Å². The van der Waals surface area contributed by atoms with Gasteiger partial charge >= 0.3 is 5.97 Å². The van der Waals surface area contributed by atoms with E-state index in [4.69, 9.17) is 4.74 Å². The van der Waals surface area contributed by atoms with Gasteiger partial charge in [0.25, 0.3) is 0 Å². The zero-order chi connectivity index (χ0) is 9.71. The normalized spacial score (nSPS) is 21.1. The second-order valence-electron chi connectivity index (χ2n) is 3.36. The van der Waals surface area contributed by atoms with Gasteiger partial charge in [-0.1, -0.05) is 0 Å². The Morgan fingerprint density at radius 3 is 3.21 bits per heavy atom. The largest absolute Gasteiger partial charge is 0.461 e. The van der Waals surface area contributed by atoms with E-state index < -0.39 is 0 Å². The third kappa shape index (κ3) is 0.852. The Kier molecular flexibility index (Phi) is 1.32. The summed E-state index contributed by atoms with van der Waals surface area (Å²) in [5.74, 6) is -0.375. The Hall–Kier alpha value is -1.71. The molecular formula is C10H8N2O2. The Labute approximate surface area is 80.7 Å². The maximum atomic E-state index is 11.4. The van der Waals surface area contributed by atoms with E-state index in [1.54, 1.807) is 6.92 Å². The highest BCUT2D eigenvalue weighted by atomic mass is 16.5. The Balaban J connectivity index is 2.00. The second kappa shape index (κ2) is 2.41. The van der Waals surface area contributed by atoms with Gasteiger partial charge in [-0.2, -0.15) is 0 Å². The van der Waals surface area contributed by atoms with Crippen LogP contribution >= 0.6 is 0 Å². The van der Waals surface area contributed by atoms with Crippen molar-refractivity contribution in [3.05, 3.63) is 34.2 Å². The van der Waals surface area contributed by atoms with E-state index >= 15 is 0 Å². The lowest BCUT2D eigenvalue weighted by molar-refractivity contribution is -0.138. The Morgan fingerprint density at radius 1 is 1.57 bits per heavy atom. The van der Waals surface area contributed by atoms with Gasteiger partial charge in [0.2, 0.25) is 0 Å². The highest BCUT2D eigenvalue weighted by Gasteiger charge is 2.38. The molecule has 3 rings (SSSR count). The van der Waals surface area contributed by atoms with Crippen LogP contribution in [0.25, 0.3) is 0 Å². The number of carbonyl (C=O) groups is 1. The van der Waals surface area contributed by atoms with Crippen molar-refractivity contribution in [2.45, 2.75) is 13.3 Å². The first-order chi connectivity index (χ1) is 6.81. The summed E-state index contributed by atoms with van der Waals surface area (Å²) in [6.07, 6.45) is 2.99. The van der Waals surface area contributed by atoms with Crippen LogP contribution in [-0.4, -0.2) is 12.6 Å². The highest BCUT2D eigenvalue weighted by Crippen LogP contribution is 2.51. The van der Waals surface area contributed by atoms with Crippen molar-refractivity contribution in [2.24, 2.45) is 10.2 Å². The maximum absolute atomic E-state index is 11.4. The van der Waals surface area contributed by atoms with Crippen molar-refractivity contribution in [3.63, 3.8) is 0 Å². The molecule has 0 N–H and O–H groups in total. The molecule has 1 aliphatic heterocycles. The summed E-state index contributed by atoms with van der Waals surface area (Å²) in [5.41, 5.74) is 4.61. The molecule has 1 heterocycles. The highest BCUT2D eigenvalue weighted by molar-refractivity contribution is 5.93. The van der Waals surface area contributed by atoms with Crippen LogP contribution in [0.15, 0.2) is 44.4 Å². The SMILES string of the molecule is CCOC(=O)C1=C2C=C3CC3=C2N=N1. The number of hydrogen-bond acceptors (Lipinski definition) is 4. The molecule has 0 amide bonds. The summed E-state index contributed by atoms with van der Waals surface area (Å²) in [6, 6.07) is 0. The lowest BCUT2D eigenvalue weighted by Crippen LogP contribution is -2.06. The van der Waals surface area contributed by atoms with E-state index in [9.17, 15) is 4.79 Å². The number of esters is 1. The first-order valence-corrected chi connectivity index (χ1v) is 4.59. The zero-order valence-corrected chi connectivity index (χ0v) is 7.70.